The van der Waals surface area contributed by atoms with Gasteiger partial charge in [0.15, 0.2) is 12.6 Å². The molecule has 11 heteroatoms. The fourth-order valence-electron chi connectivity index (χ4n) is 4.51. The second-order valence-corrected chi connectivity index (χ2v) is 9.94. The molecule has 1 N–H and O–H groups in total. The van der Waals surface area contributed by atoms with Gasteiger partial charge in [0, 0.05) is 68.2 Å². The van der Waals surface area contributed by atoms with Gasteiger partial charge >= 0.3 is 0 Å². The second kappa shape index (κ2) is 10.1. The van der Waals surface area contributed by atoms with Crippen molar-refractivity contribution in [3.63, 3.8) is 0 Å². The zero-order valence-corrected chi connectivity index (χ0v) is 20.7. The van der Waals surface area contributed by atoms with Crippen molar-refractivity contribution in [2.24, 2.45) is 0 Å². The van der Waals surface area contributed by atoms with Gasteiger partial charge in [0.25, 0.3) is 0 Å². The summed E-state index contributed by atoms with van der Waals surface area (Å²) < 4.78 is 41.8. The van der Waals surface area contributed by atoms with Crippen LogP contribution in [0.2, 0.25) is 0 Å². The smallest absolute Gasteiger partial charge is 0.181 e. The molecule has 8 nitrogen and oxygen atoms in total. The first-order valence-corrected chi connectivity index (χ1v) is 12.1. The lowest BCUT2D eigenvalue weighted by atomic mass is 10.0. The molecule has 3 aromatic heterocycles. The molecule has 4 aromatic rings. The van der Waals surface area contributed by atoms with E-state index in [0.717, 1.165) is 6.07 Å². The molecule has 0 unspecified atom stereocenters. The van der Waals surface area contributed by atoms with Crippen molar-refractivity contribution in [3.8, 4) is 11.3 Å². The van der Waals surface area contributed by atoms with Gasteiger partial charge in [-0.25, -0.2) is 27.8 Å². The van der Waals surface area contributed by atoms with Crippen LogP contribution in [0.25, 0.3) is 22.3 Å². The average molecular weight is 512 g/mol. The van der Waals surface area contributed by atoms with E-state index in [9.17, 15) is 18.3 Å². The number of hydrogen-bond acceptors (Lipinski definition) is 7. The molecule has 0 atom stereocenters. The van der Waals surface area contributed by atoms with Gasteiger partial charge < -0.3 is 10.0 Å². The van der Waals surface area contributed by atoms with Crippen molar-refractivity contribution in [2.75, 3.05) is 31.1 Å². The highest BCUT2D eigenvalue weighted by atomic mass is 19.1. The molecule has 1 aromatic carbocycles. The third kappa shape index (κ3) is 5.72. The first-order chi connectivity index (χ1) is 17.7. The summed E-state index contributed by atoms with van der Waals surface area (Å²) in [5.74, 6) is -0.505. The summed E-state index contributed by atoms with van der Waals surface area (Å²) in [4.78, 5) is 18.4. The summed E-state index contributed by atoms with van der Waals surface area (Å²) in [5, 5.41) is 14.3. The first-order valence-electron chi connectivity index (χ1n) is 12.1. The molecule has 1 aliphatic heterocycles. The van der Waals surface area contributed by atoms with E-state index in [1.165, 1.54) is 16.8 Å². The molecular formula is C26H28F3N7O. The van der Waals surface area contributed by atoms with Crippen LogP contribution in [0.4, 0.5) is 19.0 Å². The SMILES string of the molecule is CC(C)(O)Cc1cc2nc(N3CCN(Cc4ccc(F)cc4F)CC3)c(-c3cnn(CF)c3)nc2cn1. The van der Waals surface area contributed by atoms with E-state index in [2.05, 4.69) is 19.9 Å². The highest BCUT2D eigenvalue weighted by Crippen LogP contribution is 2.31. The number of aliphatic hydroxyl groups is 1. The Labute approximate surface area is 212 Å². The lowest BCUT2D eigenvalue weighted by Crippen LogP contribution is -2.46. The zero-order valence-electron chi connectivity index (χ0n) is 20.7. The van der Waals surface area contributed by atoms with E-state index in [0.29, 0.717) is 78.5 Å². The molecule has 1 fully saturated rings. The molecule has 0 radical (unpaired) electrons. The third-order valence-corrected chi connectivity index (χ3v) is 6.31. The summed E-state index contributed by atoms with van der Waals surface area (Å²) in [6.07, 6.45) is 5.14. The summed E-state index contributed by atoms with van der Waals surface area (Å²) in [7, 11) is 0. The molecule has 0 spiro atoms. The number of alkyl halides is 1. The largest absolute Gasteiger partial charge is 0.390 e. The molecule has 4 heterocycles. The molecule has 0 aliphatic carbocycles. The Morgan fingerprint density at radius 1 is 1.00 bits per heavy atom. The van der Waals surface area contributed by atoms with Crippen molar-refractivity contribution in [1.29, 1.82) is 0 Å². The third-order valence-electron chi connectivity index (χ3n) is 6.31. The maximum atomic E-state index is 14.2. The molecular weight excluding hydrogens is 483 g/mol. The monoisotopic (exact) mass is 511 g/mol. The van der Waals surface area contributed by atoms with Crippen molar-refractivity contribution < 1.29 is 18.3 Å². The quantitative estimate of drug-likeness (QED) is 0.405. The predicted octanol–water partition coefficient (Wildman–Crippen LogP) is 3.73. The Hall–Kier alpha value is -3.57. The van der Waals surface area contributed by atoms with Crippen molar-refractivity contribution in [2.45, 2.75) is 39.2 Å². The van der Waals surface area contributed by atoms with E-state index in [1.54, 1.807) is 32.4 Å². The number of benzene rings is 1. The Balaban J connectivity index is 1.44. The van der Waals surface area contributed by atoms with Gasteiger partial charge in [-0.05, 0) is 26.0 Å². The summed E-state index contributed by atoms with van der Waals surface area (Å²) >= 11 is 0. The number of fused-ring (bicyclic) bond motifs is 1. The normalized spacial score (nSPS) is 15.0. The van der Waals surface area contributed by atoms with Gasteiger partial charge in [0.1, 0.15) is 22.8 Å². The van der Waals surface area contributed by atoms with Crippen LogP contribution >= 0.6 is 0 Å². The predicted molar refractivity (Wildman–Crippen MR) is 134 cm³/mol. The van der Waals surface area contributed by atoms with E-state index < -0.39 is 24.0 Å². The molecule has 5 rings (SSSR count). The second-order valence-electron chi connectivity index (χ2n) is 9.94. The molecule has 0 saturated carbocycles. The lowest BCUT2D eigenvalue weighted by molar-refractivity contribution is 0.0800. The maximum Gasteiger partial charge on any atom is 0.181 e. The van der Waals surface area contributed by atoms with Gasteiger partial charge in [-0.15, -0.1) is 0 Å². The summed E-state index contributed by atoms with van der Waals surface area (Å²) in [6.45, 7) is 5.56. The highest BCUT2D eigenvalue weighted by Gasteiger charge is 2.24. The van der Waals surface area contributed by atoms with Gasteiger partial charge in [-0.3, -0.25) is 9.88 Å². The van der Waals surface area contributed by atoms with E-state index in [-0.39, 0.29) is 0 Å². The van der Waals surface area contributed by atoms with E-state index in [4.69, 9.17) is 9.97 Å². The van der Waals surface area contributed by atoms with Crippen molar-refractivity contribution >= 4 is 16.9 Å². The number of halogens is 3. The van der Waals surface area contributed by atoms with Crippen LogP contribution in [0, 0.1) is 11.6 Å². The lowest BCUT2D eigenvalue weighted by Gasteiger charge is -2.36. The minimum Gasteiger partial charge on any atom is -0.390 e. The van der Waals surface area contributed by atoms with Crippen molar-refractivity contribution in [3.05, 3.63) is 65.7 Å². The van der Waals surface area contributed by atoms with Crippen LogP contribution < -0.4 is 4.90 Å². The minimum atomic E-state index is -0.919. The standard InChI is InChI=1S/C26H28F3N7O/c1-26(2,37)11-20-10-22-23(13-30-20)32-24(18-12-31-36(15-18)16-27)25(33-22)35-7-5-34(6-8-35)14-17-3-4-19(28)9-21(17)29/h3-4,9-10,12-13,15,37H,5-8,11,14,16H2,1-2H3. The Kier molecular flexibility index (Phi) is 6.82. The van der Waals surface area contributed by atoms with Crippen LogP contribution in [0.1, 0.15) is 25.1 Å². The number of anilines is 1. The van der Waals surface area contributed by atoms with Crippen LogP contribution in [0.3, 0.4) is 0 Å². The van der Waals surface area contributed by atoms with E-state index in [1.807, 2.05) is 6.07 Å². The number of aromatic nitrogens is 5. The van der Waals surface area contributed by atoms with Crippen LogP contribution in [0.15, 0.2) is 42.9 Å². The fourth-order valence-corrected chi connectivity index (χ4v) is 4.51. The first kappa shape index (κ1) is 25.1. The van der Waals surface area contributed by atoms with Crippen LogP contribution in [0.5, 0.6) is 0 Å². The van der Waals surface area contributed by atoms with Gasteiger partial charge in [0.2, 0.25) is 0 Å². The fraction of sp³-hybridized carbons (Fsp3) is 0.385. The average Bonchev–Trinajstić information content (AvgIpc) is 3.34. The molecule has 194 valence electrons. The topological polar surface area (TPSA) is 83.2 Å². The van der Waals surface area contributed by atoms with Gasteiger partial charge in [-0.2, -0.15) is 5.10 Å². The number of hydrogen-bond donors (Lipinski definition) is 1. The Morgan fingerprint density at radius 2 is 1.78 bits per heavy atom. The van der Waals surface area contributed by atoms with Crippen molar-refractivity contribution in [1.82, 2.24) is 29.6 Å². The number of nitrogens with zero attached hydrogens (tertiary/aromatic N) is 7. The molecule has 1 saturated heterocycles. The number of piperazine rings is 1. The number of pyridine rings is 1. The Morgan fingerprint density at radius 3 is 2.46 bits per heavy atom. The summed E-state index contributed by atoms with van der Waals surface area (Å²) in [6, 6.07) is 5.48. The molecule has 0 bridgehead atoms. The van der Waals surface area contributed by atoms with Crippen LogP contribution in [-0.4, -0.2) is 66.5 Å². The van der Waals surface area contributed by atoms with E-state index >= 15 is 0 Å². The molecule has 37 heavy (non-hydrogen) atoms. The number of rotatable bonds is 7. The molecule has 0 amide bonds. The molecule has 1 aliphatic rings. The van der Waals surface area contributed by atoms with Gasteiger partial charge in [0.05, 0.1) is 23.5 Å². The van der Waals surface area contributed by atoms with Crippen LogP contribution in [-0.2, 0) is 19.8 Å². The van der Waals surface area contributed by atoms with Gasteiger partial charge in [-0.1, -0.05) is 6.07 Å². The highest BCUT2D eigenvalue weighted by molar-refractivity contribution is 5.83. The maximum absolute atomic E-state index is 14.2. The minimum absolute atomic E-state index is 0.365. The summed E-state index contributed by atoms with van der Waals surface area (Å²) in [5.41, 5.74) is 2.66. The zero-order chi connectivity index (χ0) is 26.2. The Bertz CT molecular complexity index is 1410.